The number of hydrogen-bond donors (Lipinski definition) is 2. The summed E-state index contributed by atoms with van der Waals surface area (Å²) in [6, 6.07) is 14.2. The minimum atomic E-state index is -3.66. The fourth-order valence-corrected chi connectivity index (χ4v) is 3.25. The van der Waals surface area contributed by atoms with Gasteiger partial charge in [0.25, 0.3) is 0 Å². The smallest absolute Gasteiger partial charge is 0.238 e. The van der Waals surface area contributed by atoms with E-state index in [-0.39, 0.29) is 10.8 Å². The molecule has 1 aromatic heterocycles. The highest BCUT2D eigenvalue weighted by atomic mass is 32.2. The van der Waals surface area contributed by atoms with Crippen LogP contribution in [0.2, 0.25) is 0 Å². The number of sulfonamides is 1. The van der Waals surface area contributed by atoms with Crippen LogP contribution in [0.25, 0.3) is 10.9 Å². The van der Waals surface area contributed by atoms with E-state index in [1.54, 1.807) is 22.9 Å². The molecule has 7 heteroatoms. The number of aromatic hydroxyl groups is 1. The Hall–Kier alpha value is -2.64. The Morgan fingerprint density at radius 2 is 1.84 bits per heavy atom. The van der Waals surface area contributed by atoms with Crippen molar-refractivity contribution in [1.29, 1.82) is 0 Å². The summed E-state index contributed by atoms with van der Waals surface area (Å²) < 4.78 is 24.2. The largest absolute Gasteiger partial charge is 0.494 e. The molecular weight excluding hydrogens is 338 g/mol. The Kier molecular flexibility index (Phi) is 4.61. The Balaban J connectivity index is 1.71. The molecule has 3 rings (SSSR count). The van der Waals surface area contributed by atoms with Crippen LogP contribution < -0.4 is 5.14 Å². The lowest BCUT2D eigenvalue weighted by Crippen LogP contribution is -2.11. The normalized spacial score (nSPS) is 12.2. The van der Waals surface area contributed by atoms with E-state index < -0.39 is 10.0 Å². The van der Waals surface area contributed by atoms with Crippen molar-refractivity contribution in [1.82, 2.24) is 4.57 Å². The predicted octanol–water partition coefficient (Wildman–Crippen LogP) is 2.19. The van der Waals surface area contributed by atoms with Gasteiger partial charge in [-0.2, -0.15) is 0 Å². The summed E-state index contributed by atoms with van der Waals surface area (Å²) in [5.41, 5.74) is 2.61. The van der Waals surface area contributed by atoms with Gasteiger partial charge in [-0.05, 0) is 30.2 Å². The minimum Gasteiger partial charge on any atom is -0.494 e. The van der Waals surface area contributed by atoms with Gasteiger partial charge in [-0.15, -0.1) is 0 Å². The number of fused-ring (bicyclic) bond motifs is 1. The van der Waals surface area contributed by atoms with Crippen LogP contribution in [0.15, 0.2) is 58.4 Å². The van der Waals surface area contributed by atoms with E-state index in [0.717, 1.165) is 16.5 Å². The monoisotopic (exact) mass is 357 g/mol. The molecule has 0 unspecified atom stereocenters. The van der Waals surface area contributed by atoms with Gasteiger partial charge in [-0.25, -0.2) is 13.6 Å². The number of aliphatic imine (C=N–C) groups is 1. The zero-order chi connectivity index (χ0) is 18.0. The van der Waals surface area contributed by atoms with Gasteiger partial charge in [0, 0.05) is 25.2 Å². The van der Waals surface area contributed by atoms with Crippen molar-refractivity contribution < 1.29 is 13.5 Å². The third kappa shape index (κ3) is 3.57. The standard InChI is InChI=1S/C18H19N3O3S/c1-21-17-5-3-2-4-15(17)16(18(21)22)12-20-11-10-13-6-8-14(9-7-13)25(19,23)24/h2-9,12,22H,10-11H2,1H3,(H2,19,23,24). The molecule has 0 saturated carbocycles. The van der Waals surface area contributed by atoms with Crippen LogP contribution in [0.1, 0.15) is 11.1 Å². The molecule has 0 radical (unpaired) electrons. The number of nitrogens with zero attached hydrogens (tertiary/aromatic N) is 2. The number of nitrogens with two attached hydrogens (primary N) is 1. The Morgan fingerprint density at radius 1 is 1.16 bits per heavy atom. The van der Waals surface area contributed by atoms with Gasteiger partial charge in [0.1, 0.15) is 0 Å². The molecule has 130 valence electrons. The van der Waals surface area contributed by atoms with Crippen LogP contribution in [0.5, 0.6) is 5.88 Å². The SMILES string of the molecule is Cn1c(O)c(C=NCCc2ccc(S(N)(=O)=O)cc2)c2ccccc21. The van der Waals surface area contributed by atoms with Gasteiger partial charge in [0.2, 0.25) is 15.9 Å². The van der Waals surface area contributed by atoms with Gasteiger partial charge in [-0.1, -0.05) is 30.3 Å². The van der Waals surface area contributed by atoms with E-state index in [1.165, 1.54) is 12.1 Å². The van der Waals surface area contributed by atoms with Crippen molar-refractivity contribution in [3.8, 4) is 5.88 Å². The molecule has 0 atom stereocenters. The summed E-state index contributed by atoms with van der Waals surface area (Å²) in [5.74, 6) is 0.183. The highest BCUT2D eigenvalue weighted by Crippen LogP contribution is 2.28. The molecule has 0 bridgehead atoms. The first-order valence-electron chi connectivity index (χ1n) is 7.76. The molecule has 3 N–H and O–H groups in total. The van der Waals surface area contributed by atoms with Gasteiger partial charge in [0.05, 0.1) is 16.0 Å². The number of aromatic nitrogens is 1. The second kappa shape index (κ2) is 6.70. The van der Waals surface area contributed by atoms with E-state index in [4.69, 9.17) is 5.14 Å². The summed E-state index contributed by atoms with van der Waals surface area (Å²) in [5, 5.41) is 16.3. The van der Waals surface area contributed by atoms with Crippen molar-refractivity contribution in [2.24, 2.45) is 17.2 Å². The molecule has 3 aromatic rings. The fraction of sp³-hybridized carbons (Fsp3) is 0.167. The minimum absolute atomic E-state index is 0.0976. The number of benzene rings is 2. The van der Waals surface area contributed by atoms with Crippen LogP contribution in [0, 0.1) is 0 Å². The summed E-state index contributed by atoms with van der Waals surface area (Å²) in [7, 11) is -1.86. The first-order valence-corrected chi connectivity index (χ1v) is 9.30. The van der Waals surface area contributed by atoms with Crippen molar-refractivity contribution in [3.63, 3.8) is 0 Å². The Labute approximate surface area is 146 Å². The second-order valence-electron chi connectivity index (χ2n) is 5.79. The molecule has 0 aliphatic heterocycles. The summed E-state index contributed by atoms with van der Waals surface area (Å²) in [6.07, 6.45) is 2.34. The van der Waals surface area contributed by atoms with E-state index in [0.29, 0.717) is 18.5 Å². The Morgan fingerprint density at radius 3 is 2.52 bits per heavy atom. The molecule has 0 fully saturated rings. The van der Waals surface area contributed by atoms with Crippen molar-refractivity contribution in [3.05, 3.63) is 59.7 Å². The van der Waals surface area contributed by atoms with Gasteiger partial charge >= 0.3 is 0 Å². The van der Waals surface area contributed by atoms with E-state index in [1.807, 2.05) is 31.3 Å². The van der Waals surface area contributed by atoms with Crippen LogP contribution in [-0.2, 0) is 23.5 Å². The number of primary sulfonamides is 1. The molecule has 0 spiro atoms. The predicted molar refractivity (Wildman–Crippen MR) is 98.6 cm³/mol. The first kappa shape index (κ1) is 17.2. The van der Waals surface area contributed by atoms with E-state index in [2.05, 4.69) is 4.99 Å². The average molecular weight is 357 g/mol. The summed E-state index contributed by atoms with van der Waals surface area (Å²) >= 11 is 0. The quantitative estimate of drug-likeness (QED) is 0.685. The molecule has 6 nitrogen and oxygen atoms in total. The lowest BCUT2D eigenvalue weighted by Gasteiger charge is -2.01. The summed E-state index contributed by atoms with van der Waals surface area (Å²) in [6.45, 7) is 0.525. The van der Waals surface area contributed by atoms with Crippen LogP contribution >= 0.6 is 0 Å². The maximum Gasteiger partial charge on any atom is 0.238 e. The highest BCUT2D eigenvalue weighted by molar-refractivity contribution is 7.89. The van der Waals surface area contributed by atoms with Crippen molar-refractivity contribution in [2.75, 3.05) is 6.54 Å². The third-order valence-corrected chi connectivity index (χ3v) is 5.05. The van der Waals surface area contributed by atoms with Crippen LogP contribution in [0.3, 0.4) is 0 Å². The molecule has 2 aromatic carbocycles. The third-order valence-electron chi connectivity index (χ3n) is 4.12. The number of para-hydroxylation sites is 1. The van der Waals surface area contributed by atoms with Crippen LogP contribution in [-0.4, -0.2) is 30.9 Å². The average Bonchev–Trinajstić information content (AvgIpc) is 2.83. The molecule has 0 saturated heterocycles. The molecule has 0 aliphatic carbocycles. The number of hydrogen-bond acceptors (Lipinski definition) is 4. The highest BCUT2D eigenvalue weighted by Gasteiger charge is 2.11. The zero-order valence-corrected chi connectivity index (χ0v) is 14.6. The molecule has 25 heavy (non-hydrogen) atoms. The number of rotatable bonds is 5. The zero-order valence-electron chi connectivity index (χ0n) is 13.8. The topological polar surface area (TPSA) is 97.7 Å². The lowest BCUT2D eigenvalue weighted by atomic mass is 10.1. The maximum absolute atomic E-state index is 11.2. The van der Waals surface area contributed by atoms with E-state index in [9.17, 15) is 13.5 Å². The Bertz CT molecular complexity index is 1040. The summed E-state index contributed by atoms with van der Waals surface area (Å²) in [4.78, 5) is 4.49. The first-order chi connectivity index (χ1) is 11.9. The van der Waals surface area contributed by atoms with Crippen molar-refractivity contribution in [2.45, 2.75) is 11.3 Å². The van der Waals surface area contributed by atoms with Gasteiger partial charge in [0.15, 0.2) is 0 Å². The molecule has 1 heterocycles. The second-order valence-corrected chi connectivity index (χ2v) is 7.35. The fourth-order valence-electron chi connectivity index (χ4n) is 2.73. The molecule has 0 amide bonds. The van der Waals surface area contributed by atoms with Gasteiger partial charge < -0.3 is 9.67 Å². The molecule has 0 aliphatic rings. The number of aryl methyl sites for hydroxylation is 1. The molecular formula is C18H19N3O3S. The maximum atomic E-state index is 11.2. The van der Waals surface area contributed by atoms with Crippen molar-refractivity contribution >= 4 is 27.1 Å². The van der Waals surface area contributed by atoms with Crippen LogP contribution in [0.4, 0.5) is 0 Å². The van der Waals surface area contributed by atoms with Gasteiger partial charge in [-0.3, -0.25) is 4.99 Å². The lowest BCUT2D eigenvalue weighted by molar-refractivity contribution is 0.434. The van der Waals surface area contributed by atoms with E-state index >= 15 is 0 Å².